The van der Waals surface area contributed by atoms with Crippen LogP contribution in [0.3, 0.4) is 0 Å². The molecule has 0 unspecified atom stereocenters. The van der Waals surface area contributed by atoms with Crippen molar-refractivity contribution in [3.05, 3.63) is 83.4 Å². The second kappa shape index (κ2) is 10.6. The van der Waals surface area contributed by atoms with Crippen LogP contribution in [-0.2, 0) is 10.0 Å². The third-order valence-electron chi connectivity index (χ3n) is 5.04. The highest BCUT2D eigenvalue weighted by molar-refractivity contribution is 7.92. The van der Waals surface area contributed by atoms with Gasteiger partial charge in [-0.25, -0.2) is 8.42 Å². The molecular formula is C24H25ClN2O5S. The van der Waals surface area contributed by atoms with Crippen LogP contribution in [0.2, 0.25) is 5.02 Å². The molecule has 33 heavy (non-hydrogen) atoms. The fourth-order valence-electron chi connectivity index (χ4n) is 3.05. The number of carbonyl (C=O) groups excluding carboxylic acids is 1. The summed E-state index contributed by atoms with van der Waals surface area (Å²) in [5.41, 5.74) is 0.737. The van der Waals surface area contributed by atoms with E-state index in [-0.39, 0.29) is 23.0 Å². The molecule has 3 aromatic rings. The molecule has 7 nitrogen and oxygen atoms in total. The molecule has 0 fully saturated rings. The minimum absolute atomic E-state index is 0.0207. The number of ether oxygens (including phenoxy) is 2. The van der Waals surface area contributed by atoms with Gasteiger partial charge in [0.25, 0.3) is 15.9 Å². The number of para-hydroxylation sites is 1. The Kier molecular flexibility index (Phi) is 7.84. The summed E-state index contributed by atoms with van der Waals surface area (Å²) in [4.78, 5) is 14.4. The van der Waals surface area contributed by atoms with Crippen molar-refractivity contribution in [2.24, 2.45) is 0 Å². The van der Waals surface area contributed by atoms with Gasteiger partial charge >= 0.3 is 0 Å². The predicted molar refractivity (Wildman–Crippen MR) is 129 cm³/mol. The van der Waals surface area contributed by atoms with Gasteiger partial charge in [0.15, 0.2) is 0 Å². The van der Waals surface area contributed by atoms with Crippen molar-refractivity contribution in [3.8, 4) is 11.5 Å². The summed E-state index contributed by atoms with van der Waals surface area (Å²) in [5.74, 6) is 0.843. The lowest BCUT2D eigenvalue weighted by Gasteiger charge is -2.21. The third kappa shape index (κ3) is 5.77. The molecule has 0 N–H and O–H groups in total. The molecule has 174 valence electrons. The van der Waals surface area contributed by atoms with E-state index in [0.29, 0.717) is 28.8 Å². The maximum absolute atomic E-state index is 13.1. The smallest absolute Gasteiger partial charge is 0.264 e. The predicted octanol–water partition coefficient (Wildman–Crippen LogP) is 4.32. The Hall–Kier alpha value is -3.23. The molecule has 0 heterocycles. The first-order valence-electron chi connectivity index (χ1n) is 10.1. The number of halogens is 1. The van der Waals surface area contributed by atoms with Crippen LogP contribution < -0.4 is 13.8 Å². The highest BCUT2D eigenvalue weighted by atomic mass is 35.5. The SMILES string of the molecule is COc1ccc(N(C)S(=O)(=O)c2cccc(C(=O)N(C)CCOc3ccccc3Cl)c2)cc1. The van der Waals surface area contributed by atoms with E-state index in [0.717, 1.165) is 4.31 Å². The molecule has 0 saturated carbocycles. The van der Waals surface area contributed by atoms with Crippen molar-refractivity contribution >= 4 is 33.2 Å². The monoisotopic (exact) mass is 488 g/mol. The van der Waals surface area contributed by atoms with Crippen LogP contribution in [0.15, 0.2) is 77.7 Å². The lowest BCUT2D eigenvalue weighted by Crippen LogP contribution is -2.31. The number of hydrogen-bond acceptors (Lipinski definition) is 5. The number of benzene rings is 3. The van der Waals surface area contributed by atoms with Crippen molar-refractivity contribution in [3.63, 3.8) is 0 Å². The van der Waals surface area contributed by atoms with Crippen molar-refractivity contribution in [1.29, 1.82) is 0 Å². The van der Waals surface area contributed by atoms with Crippen molar-refractivity contribution in [2.75, 3.05) is 38.7 Å². The Morgan fingerprint density at radius 1 is 0.970 bits per heavy atom. The van der Waals surface area contributed by atoms with Gasteiger partial charge in [0.05, 0.1) is 29.3 Å². The summed E-state index contributed by atoms with van der Waals surface area (Å²) in [6.07, 6.45) is 0. The summed E-state index contributed by atoms with van der Waals surface area (Å²) < 4.78 is 38.2. The average Bonchev–Trinajstić information content (AvgIpc) is 2.84. The Labute approximate surface area is 199 Å². The van der Waals surface area contributed by atoms with E-state index in [1.165, 1.54) is 31.2 Å². The van der Waals surface area contributed by atoms with Gasteiger partial charge in [-0.05, 0) is 54.6 Å². The molecule has 0 radical (unpaired) electrons. The molecular weight excluding hydrogens is 464 g/mol. The van der Waals surface area contributed by atoms with Crippen molar-refractivity contribution < 1.29 is 22.7 Å². The average molecular weight is 489 g/mol. The van der Waals surface area contributed by atoms with E-state index in [4.69, 9.17) is 21.1 Å². The lowest BCUT2D eigenvalue weighted by atomic mass is 10.2. The molecule has 3 rings (SSSR count). The van der Waals surface area contributed by atoms with Crippen LogP contribution in [-0.4, -0.2) is 53.6 Å². The number of rotatable bonds is 9. The number of sulfonamides is 1. The zero-order chi connectivity index (χ0) is 24.0. The van der Waals surface area contributed by atoms with Gasteiger partial charge in [-0.1, -0.05) is 29.8 Å². The first kappa shape index (κ1) is 24.4. The summed E-state index contributed by atoms with van der Waals surface area (Å²) >= 11 is 6.07. The Morgan fingerprint density at radius 3 is 2.33 bits per heavy atom. The normalized spacial score (nSPS) is 11.0. The zero-order valence-corrected chi connectivity index (χ0v) is 20.1. The highest BCUT2D eigenvalue weighted by Gasteiger charge is 2.23. The van der Waals surface area contributed by atoms with Crippen LogP contribution >= 0.6 is 11.6 Å². The maximum Gasteiger partial charge on any atom is 0.264 e. The van der Waals surface area contributed by atoms with Gasteiger partial charge in [-0.15, -0.1) is 0 Å². The molecule has 3 aromatic carbocycles. The van der Waals surface area contributed by atoms with Crippen LogP contribution in [0, 0.1) is 0 Å². The van der Waals surface area contributed by atoms with Gasteiger partial charge in [-0.2, -0.15) is 0 Å². The topological polar surface area (TPSA) is 76.2 Å². The van der Waals surface area contributed by atoms with Gasteiger partial charge in [0, 0.05) is 19.7 Å². The number of likely N-dealkylation sites (N-methyl/N-ethyl adjacent to an activating group) is 1. The number of carbonyl (C=O) groups is 1. The van der Waals surface area contributed by atoms with Gasteiger partial charge in [0.2, 0.25) is 0 Å². The molecule has 1 amide bonds. The first-order valence-corrected chi connectivity index (χ1v) is 11.9. The number of methoxy groups -OCH3 is 1. The standard InChI is InChI=1S/C24H25ClN2O5S/c1-26(15-16-32-23-10-5-4-9-22(23)25)24(28)18-7-6-8-21(17-18)33(29,30)27(2)19-11-13-20(31-3)14-12-19/h4-14,17H,15-16H2,1-3H3. The minimum atomic E-state index is -3.87. The minimum Gasteiger partial charge on any atom is -0.497 e. The molecule has 0 aliphatic rings. The van der Waals surface area contributed by atoms with Gasteiger partial charge in [-0.3, -0.25) is 9.10 Å². The van der Waals surface area contributed by atoms with Gasteiger partial charge < -0.3 is 14.4 Å². The van der Waals surface area contributed by atoms with E-state index in [9.17, 15) is 13.2 Å². The van der Waals surface area contributed by atoms with E-state index >= 15 is 0 Å². The molecule has 0 atom stereocenters. The number of amides is 1. The fourth-order valence-corrected chi connectivity index (χ4v) is 4.49. The van der Waals surface area contributed by atoms with Crippen LogP contribution in [0.5, 0.6) is 11.5 Å². The number of hydrogen-bond donors (Lipinski definition) is 0. The van der Waals surface area contributed by atoms with Crippen LogP contribution in [0.25, 0.3) is 0 Å². The van der Waals surface area contributed by atoms with Crippen molar-refractivity contribution in [2.45, 2.75) is 4.90 Å². The Balaban J connectivity index is 1.70. The third-order valence-corrected chi connectivity index (χ3v) is 7.14. The second-order valence-corrected chi connectivity index (χ2v) is 9.58. The van der Waals surface area contributed by atoms with Crippen LogP contribution in [0.1, 0.15) is 10.4 Å². The Bertz CT molecular complexity index is 1220. The molecule has 0 aliphatic heterocycles. The zero-order valence-electron chi connectivity index (χ0n) is 18.6. The van der Waals surface area contributed by atoms with E-state index in [2.05, 4.69) is 0 Å². The second-order valence-electron chi connectivity index (χ2n) is 7.20. The molecule has 0 bridgehead atoms. The molecule has 0 saturated heterocycles. The number of anilines is 1. The molecule has 9 heteroatoms. The van der Waals surface area contributed by atoms with E-state index in [1.807, 2.05) is 6.07 Å². The summed E-state index contributed by atoms with van der Waals surface area (Å²) in [6.45, 7) is 0.539. The largest absolute Gasteiger partial charge is 0.497 e. The highest BCUT2D eigenvalue weighted by Crippen LogP contribution is 2.25. The Morgan fingerprint density at radius 2 is 1.67 bits per heavy atom. The van der Waals surface area contributed by atoms with Crippen molar-refractivity contribution in [1.82, 2.24) is 4.90 Å². The van der Waals surface area contributed by atoms with E-state index in [1.54, 1.807) is 61.6 Å². The molecule has 0 aliphatic carbocycles. The summed E-state index contributed by atoms with van der Waals surface area (Å²) in [7, 11) is 0.761. The molecule has 0 spiro atoms. The number of nitrogens with zero attached hydrogens (tertiary/aromatic N) is 2. The lowest BCUT2D eigenvalue weighted by molar-refractivity contribution is 0.0773. The first-order chi connectivity index (χ1) is 15.7. The quantitative estimate of drug-likeness (QED) is 0.448. The van der Waals surface area contributed by atoms with Crippen LogP contribution in [0.4, 0.5) is 5.69 Å². The molecule has 0 aromatic heterocycles. The van der Waals surface area contributed by atoms with E-state index < -0.39 is 10.0 Å². The summed E-state index contributed by atoms with van der Waals surface area (Å²) in [5, 5.41) is 0.491. The fraction of sp³-hybridized carbons (Fsp3) is 0.208. The van der Waals surface area contributed by atoms with Gasteiger partial charge in [0.1, 0.15) is 18.1 Å². The maximum atomic E-state index is 13.1. The summed E-state index contributed by atoms with van der Waals surface area (Å²) in [6, 6.07) is 19.7.